The van der Waals surface area contributed by atoms with Gasteiger partial charge in [-0.15, -0.1) is 0 Å². The summed E-state index contributed by atoms with van der Waals surface area (Å²) < 4.78 is 5.81. The Balaban J connectivity index is 4.77. The third-order valence-corrected chi connectivity index (χ3v) is 11.0. The van der Waals surface area contributed by atoms with Gasteiger partial charge in [-0.3, -0.25) is 9.59 Å². The lowest BCUT2D eigenvalue weighted by Gasteiger charge is -2.23. The number of hydrogen-bond donors (Lipinski definition) is 3. The molecule has 0 aromatic carbocycles. The van der Waals surface area contributed by atoms with Gasteiger partial charge in [0.2, 0.25) is 5.91 Å². The number of hydrogen-bond acceptors (Lipinski definition) is 5. The number of allylic oxidation sites excluding steroid dienone is 11. The highest BCUT2D eigenvalue weighted by Gasteiger charge is 2.23. The van der Waals surface area contributed by atoms with E-state index >= 15 is 0 Å². The molecule has 0 radical (unpaired) electrons. The first-order valence-corrected chi connectivity index (χ1v) is 25.2. The van der Waals surface area contributed by atoms with Crippen molar-refractivity contribution in [2.24, 2.45) is 0 Å². The number of aliphatic hydroxyl groups is 2. The molecule has 3 unspecified atom stereocenters. The predicted molar refractivity (Wildman–Crippen MR) is 259 cm³/mol. The molecule has 0 aromatic heterocycles. The molecule has 0 aromatic rings. The van der Waals surface area contributed by atoms with Crippen LogP contribution in [-0.4, -0.2) is 46.9 Å². The van der Waals surface area contributed by atoms with Gasteiger partial charge < -0.3 is 20.3 Å². The summed E-state index contributed by atoms with van der Waals surface area (Å²) in [6.07, 6.45) is 59.9. The second-order valence-electron chi connectivity index (χ2n) is 16.8. The predicted octanol–water partition coefficient (Wildman–Crippen LogP) is 15.0. The topological polar surface area (TPSA) is 95.9 Å². The summed E-state index contributed by atoms with van der Waals surface area (Å²) in [6, 6.07) is -0.743. The average Bonchev–Trinajstić information content (AvgIpc) is 3.24. The summed E-state index contributed by atoms with van der Waals surface area (Å²) in [5.41, 5.74) is 0. The highest BCUT2D eigenvalue weighted by molar-refractivity contribution is 5.78. The number of carbonyl (C=O) groups is 2. The van der Waals surface area contributed by atoms with E-state index in [1.54, 1.807) is 6.08 Å². The summed E-state index contributed by atoms with van der Waals surface area (Å²) in [6.45, 7) is 6.32. The molecule has 346 valence electrons. The SMILES string of the molecule is CC/C=C\C/C=C\C/C=C\C/C=C\C/C=C\C/C=C\C(CC(=O)NC(CO)C(O)CCCCCCCCCCCCCCC)OC(=O)CCCCCCCCCCCCC. The summed E-state index contributed by atoms with van der Waals surface area (Å²) in [7, 11) is 0. The van der Waals surface area contributed by atoms with Crippen LogP contribution in [0.3, 0.4) is 0 Å². The first kappa shape index (κ1) is 57.3. The van der Waals surface area contributed by atoms with Crippen LogP contribution in [-0.2, 0) is 14.3 Å². The standard InChI is InChI=1S/C54H95NO5/c1-4-7-10-13-16-19-22-24-25-26-27-29-31-33-36-39-42-45-50(60-54(59)47-44-41-38-35-30-21-18-15-12-9-6-3)48-53(58)55-51(49-56)52(57)46-43-40-37-34-32-28-23-20-17-14-11-8-5-2/h7,10,16,19,24-25,27,29,33,36,42,45,50-52,56-57H,4-6,8-9,11-15,17-18,20-23,26,28,30-32,34-35,37-41,43-44,46-49H2,1-3H3,(H,55,58)/b10-7-,19-16-,25-24-,29-27-,36-33-,45-42-. The largest absolute Gasteiger partial charge is 0.458 e. The highest BCUT2D eigenvalue weighted by atomic mass is 16.5. The molecular weight excluding hydrogens is 743 g/mol. The summed E-state index contributed by atoms with van der Waals surface area (Å²) in [5, 5.41) is 23.7. The van der Waals surface area contributed by atoms with Crippen LogP contribution in [0.4, 0.5) is 0 Å². The summed E-state index contributed by atoms with van der Waals surface area (Å²) in [5.74, 6) is -0.630. The quantitative estimate of drug-likeness (QED) is 0.0323. The van der Waals surface area contributed by atoms with Crippen molar-refractivity contribution in [2.75, 3.05) is 6.61 Å². The van der Waals surface area contributed by atoms with Crippen LogP contribution in [0.25, 0.3) is 0 Å². The Hall–Kier alpha value is -2.70. The van der Waals surface area contributed by atoms with E-state index in [-0.39, 0.29) is 24.9 Å². The first-order valence-electron chi connectivity index (χ1n) is 25.2. The second-order valence-corrected chi connectivity index (χ2v) is 16.8. The van der Waals surface area contributed by atoms with Crippen molar-refractivity contribution < 1.29 is 24.5 Å². The molecule has 3 N–H and O–H groups in total. The Morgan fingerprint density at radius 3 is 1.27 bits per heavy atom. The van der Waals surface area contributed by atoms with Gasteiger partial charge in [-0.1, -0.05) is 235 Å². The van der Waals surface area contributed by atoms with E-state index in [0.717, 1.165) is 70.6 Å². The molecule has 0 saturated carbocycles. The average molecular weight is 838 g/mol. The number of amides is 1. The van der Waals surface area contributed by atoms with Gasteiger partial charge in [-0.2, -0.15) is 0 Å². The minimum atomic E-state index is -0.820. The molecule has 6 heteroatoms. The zero-order chi connectivity index (χ0) is 43.8. The number of unbranched alkanes of at least 4 members (excludes halogenated alkanes) is 22. The number of rotatable bonds is 44. The lowest BCUT2D eigenvalue weighted by atomic mass is 10.0. The fourth-order valence-electron chi connectivity index (χ4n) is 7.25. The van der Waals surface area contributed by atoms with Crippen molar-refractivity contribution in [1.29, 1.82) is 0 Å². The lowest BCUT2D eigenvalue weighted by Crippen LogP contribution is -2.46. The third-order valence-electron chi connectivity index (χ3n) is 11.0. The minimum absolute atomic E-state index is 0.0475. The molecule has 0 spiro atoms. The van der Waals surface area contributed by atoms with Gasteiger partial charge in [0.1, 0.15) is 6.10 Å². The first-order chi connectivity index (χ1) is 29.5. The van der Waals surface area contributed by atoms with E-state index in [9.17, 15) is 19.8 Å². The Labute approximate surface area is 371 Å². The van der Waals surface area contributed by atoms with Crippen LogP contribution in [0.15, 0.2) is 72.9 Å². The molecular formula is C54H95NO5. The maximum Gasteiger partial charge on any atom is 0.306 e. The molecule has 6 nitrogen and oxygen atoms in total. The Bertz CT molecular complexity index is 1120. The zero-order valence-electron chi connectivity index (χ0n) is 39.3. The molecule has 0 aliphatic carbocycles. The fourth-order valence-corrected chi connectivity index (χ4v) is 7.25. The minimum Gasteiger partial charge on any atom is -0.458 e. The molecule has 1 amide bonds. The van der Waals surface area contributed by atoms with Gasteiger partial charge in [0.15, 0.2) is 0 Å². The summed E-state index contributed by atoms with van der Waals surface area (Å²) >= 11 is 0. The molecule has 0 saturated heterocycles. The number of ether oxygens (including phenoxy) is 1. The Morgan fingerprint density at radius 1 is 0.500 bits per heavy atom. The summed E-state index contributed by atoms with van der Waals surface area (Å²) in [4.78, 5) is 26.0. The molecule has 0 fully saturated rings. The molecule has 3 atom stereocenters. The van der Waals surface area contributed by atoms with Crippen molar-refractivity contribution in [1.82, 2.24) is 5.32 Å². The maximum absolute atomic E-state index is 13.1. The normalized spacial score (nSPS) is 13.9. The van der Waals surface area contributed by atoms with Gasteiger partial charge >= 0.3 is 5.97 Å². The molecule has 0 bridgehead atoms. The van der Waals surface area contributed by atoms with Gasteiger partial charge in [0.05, 0.1) is 25.2 Å². The number of nitrogens with one attached hydrogen (secondary N) is 1. The highest BCUT2D eigenvalue weighted by Crippen LogP contribution is 2.16. The van der Waals surface area contributed by atoms with Crippen LogP contribution in [0.2, 0.25) is 0 Å². The van der Waals surface area contributed by atoms with Gasteiger partial charge in [-0.05, 0) is 57.4 Å². The fraction of sp³-hybridized carbons (Fsp3) is 0.741. The molecule has 0 aliphatic heterocycles. The van der Waals surface area contributed by atoms with Gasteiger partial charge in [0.25, 0.3) is 0 Å². The van der Waals surface area contributed by atoms with Crippen molar-refractivity contribution >= 4 is 11.9 Å². The van der Waals surface area contributed by atoms with Crippen molar-refractivity contribution in [2.45, 2.75) is 251 Å². The Kier molecular flexibility index (Phi) is 45.2. The van der Waals surface area contributed by atoms with Crippen molar-refractivity contribution in [3.8, 4) is 0 Å². The van der Waals surface area contributed by atoms with E-state index in [1.165, 1.54) is 116 Å². The van der Waals surface area contributed by atoms with Crippen LogP contribution in [0, 0.1) is 0 Å². The molecule has 0 rings (SSSR count). The van der Waals surface area contributed by atoms with Crippen molar-refractivity contribution in [3.63, 3.8) is 0 Å². The maximum atomic E-state index is 13.1. The monoisotopic (exact) mass is 838 g/mol. The van der Waals surface area contributed by atoms with E-state index in [0.29, 0.717) is 19.3 Å². The second kappa shape index (κ2) is 47.4. The lowest BCUT2D eigenvalue weighted by molar-refractivity contribution is -0.148. The van der Waals surface area contributed by atoms with Gasteiger partial charge in [0, 0.05) is 6.42 Å². The van der Waals surface area contributed by atoms with Crippen LogP contribution < -0.4 is 5.32 Å². The van der Waals surface area contributed by atoms with E-state index in [2.05, 4.69) is 86.8 Å². The van der Waals surface area contributed by atoms with E-state index in [1.807, 2.05) is 6.08 Å². The molecule has 60 heavy (non-hydrogen) atoms. The molecule has 0 heterocycles. The van der Waals surface area contributed by atoms with Gasteiger partial charge in [-0.25, -0.2) is 0 Å². The van der Waals surface area contributed by atoms with Crippen LogP contribution in [0.1, 0.15) is 233 Å². The zero-order valence-corrected chi connectivity index (χ0v) is 39.3. The molecule has 0 aliphatic rings. The number of carbonyl (C=O) groups excluding carboxylic acids is 2. The van der Waals surface area contributed by atoms with Crippen LogP contribution >= 0.6 is 0 Å². The third kappa shape index (κ3) is 42.0. The van der Waals surface area contributed by atoms with Crippen molar-refractivity contribution in [3.05, 3.63) is 72.9 Å². The number of aliphatic hydroxyl groups excluding tert-OH is 2. The van der Waals surface area contributed by atoms with E-state index in [4.69, 9.17) is 4.74 Å². The van der Waals surface area contributed by atoms with E-state index < -0.39 is 18.2 Å². The Morgan fingerprint density at radius 2 is 0.867 bits per heavy atom. The van der Waals surface area contributed by atoms with Crippen LogP contribution in [0.5, 0.6) is 0 Å². The number of esters is 1. The smallest absolute Gasteiger partial charge is 0.306 e.